The van der Waals surface area contributed by atoms with Gasteiger partial charge in [0.15, 0.2) is 5.82 Å². The van der Waals surface area contributed by atoms with Crippen LogP contribution in [0.4, 0.5) is 10.6 Å². The summed E-state index contributed by atoms with van der Waals surface area (Å²) in [6.07, 6.45) is -0.494. The van der Waals surface area contributed by atoms with E-state index in [1.807, 2.05) is 0 Å². The van der Waals surface area contributed by atoms with E-state index < -0.39 is 11.7 Å². The summed E-state index contributed by atoms with van der Waals surface area (Å²) < 4.78 is 10.1. The number of nitrogens with zero attached hydrogens (tertiary/aromatic N) is 2. The fraction of sp³-hybridized carbons (Fsp3) is 0.417. The van der Waals surface area contributed by atoms with E-state index in [9.17, 15) is 4.79 Å². The van der Waals surface area contributed by atoms with E-state index in [0.717, 1.165) is 0 Å². The molecule has 0 aromatic carbocycles. The van der Waals surface area contributed by atoms with Crippen LogP contribution in [0, 0.1) is 0 Å². The molecule has 0 radical (unpaired) electrons. The number of ether oxygens (including phenoxy) is 1. The molecule has 2 rings (SSSR count). The molecule has 19 heavy (non-hydrogen) atoms. The molecule has 0 spiro atoms. The topological polar surface area (TPSA) is 103 Å². The summed E-state index contributed by atoms with van der Waals surface area (Å²) in [5.41, 5.74) is 6.04. The van der Waals surface area contributed by atoms with Gasteiger partial charge < -0.3 is 20.3 Å². The molecule has 7 nitrogen and oxygen atoms in total. The number of amides is 1. The molecule has 0 saturated heterocycles. The molecule has 1 amide bonds. The third kappa shape index (κ3) is 3.34. The fourth-order valence-electron chi connectivity index (χ4n) is 1.46. The Balaban J connectivity index is 2.00. The maximum absolute atomic E-state index is 11.5. The second-order valence-corrected chi connectivity index (χ2v) is 5.08. The SMILES string of the molecule is CC(C)(C)OC(=O)NCc1ccc2c(N)noc2n1. The Morgan fingerprint density at radius 1 is 1.47 bits per heavy atom. The molecule has 2 heterocycles. The highest BCUT2D eigenvalue weighted by Gasteiger charge is 2.16. The Kier molecular flexibility index (Phi) is 3.28. The lowest BCUT2D eigenvalue weighted by Crippen LogP contribution is -2.32. The van der Waals surface area contributed by atoms with Gasteiger partial charge in [0, 0.05) is 0 Å². The summed E-state index contributed by atoms with van der Waals surface area (Å²) in [5, 5.41) is 6.87. The molecule has 2 aromatic heterocycles. The highest BCUT2D eigenvalue weighted by Crippen LogP contribution is 2.18. The standard InChI is InChI=1S/C12H16N4O3/c1-12(2,3)18-11(17)14-6-7-4-5-8-9(13)16-19-10(8)15-7/h4-5H,6H2,1-3H3,(H2,13,16)(H,14,17). The van der Waals surface area contributed by atoms with Crippen LogP contribution in [0.15, 0.2) is 16.7 Å². The minimum Gasteiger partial charge on any atom is -0.444 e. The van der Waals surface area contributed by atoms with Crippen molar-refractivity contribution in [3.8, 4) is 0 Å². The summed E-state index contributed by atoms with van der Waals surface area (Å²) in [5.74, 6) is 0.300. The number of alkyl carbamates (subject to hydrolysis) is 1. The summed E-state index contributed by atoms with van der Waals surface area (Å²) in [4.78, 5) is 15.7. The van der Waals surface area contributed by atoms with Gasteiger partial charge in [-0.1, -0.05) is 5.16 Å². The highest BCUT2D eigenvalue weighted by molar-refractivity contribution is 5.84. The zero-order valence-electron chi connectivity index (χ0n) is 11.1. The maximum Gasteiger partial charge on any atom is 0.407 e. The number of nitrogens with two attached hydrogens (primary N) is 1. The molecule has 3 N–H and O–H groups in total. The number of aromatic nitrogens is 2. The van der Waals surface area contributed by atoms with Crippen molar-refractivity contribution in [2.75, 3.05) is 5.73 Å². The largest absolute Gasteiger partial charge is 0.444 e. The molecule has 0 saturated carbocycles. The van der Waals surface area contributed by atoms with Crippen molar-refractivity contribution in [3.05, 3.63) is 17.8 Å². The van der Waals surface area contributed by atoms with Crippen molar-refractivity contribution < 1.29 is 14.1 Å². The Bertz CT molecular complexity index is 601. The van der Waals surface area contributed by atoms with Gasteiger partial charge in [0.25, 0.3) is 5.71 Å². The lowest BCUT2D eigenvalue weighted by Gasteiger charge is -2.19. The Labute approximate surface area is 110 Å². The highest BCUT2D eigenvalue weighted by atomic mass is 16.6. The third-order valence-electron chi connectivity index (χ3n) is 2.24. The smallest absolute Gasteiger partial charge is 0.407 e. The van der Waals surface area contributed by atoms with Gasteiger partial charge in [0.2, 0.25) is 0 Å². The number of nitrogen functional groups attached to an aromatic ring is 1. The van der Waals surface area contributed by atoms with Crippen LogP contribution in [-0.2, 0) is 11.3 Å². The first-order valence-corrected chi connectivity index (χ1v) is 5.83. The first-order chi connectivity index (χ1) is 8.85. The van der Waals surface area contributed by atoms with Crippen LogP contribution in [-0.4, -0.2) is 21.8 Å². The predicted molar refractivity (Wildman–Crippen MR) is 69.3 cm³/mol. The average molecular weight is 264 g/mol. The first-order valence-electron chi connectivity index (χ1n) is 5.83. The summed E-state index contributed by atoms with van der Waals surface area (Å²) in [6.45, 7) is 5.64. The minimum atomic E-state index is -0.527. The Morgan fingerprint density at radius 3 is 2.89 bits per heavy atom. The second kappa shape index (κ2) is 4.75. The molecule has 0 aliphatic carbocycles. The molecule has 2 aromatic rings. The number of carbonyl (C=O) groups excluding carboxylic acids is 1. The minimum absolute atomic E-state index is 0.242. The summed E-state index contributed by atoms with van der Waals surface area (Å²) in [6, 6.07) is 3.49. The number of fused-ring (bicyclic) bond motifs is 1. The molecular weight excluding hydrogens is 248 g/mol. The van der Waals surface area contributed by atoms with Crippen molar-refractivity contribution in [1.29, 1.82) is 0 Å². The number of hydrogen-bond acceptors (Lipinski definition) is 6. The van der Waals surface area contributed by atoms with Crippen LogP contribution in [0.1, 0.15) is 26.5 Å². The Hall–Kier alpha value is -2.31. The van der Waals surface area contributed by atoms with Gasteiger partial charge in [-0.2, -0.15) is 0 Å². The number of rotatable bonds is 2. The van der Waals surface area contributed by atoms with E-state index >= 15 is 0 Å². The quantitative estimate of drug-likeness (QED) is 0.857. The van der Waals surface area contributed by atoms with Gasteiger partial charge in [0.05, 0.1) is 17.6 Å². The zero-order valence-corrected chi connectivity index (χ0v) is 11.1. The number of nitrogens with one attached hydrogen (secondary N) is 1. The molecule has 0 bridgehead atoms. The van der Waals surface area contributed by atoms with E-state index in [-0.39, 0.29) is 6.54 Å². The van der Waals surface area contributed by atoms with Crippen LogP contribution >= 0.6 is 0 Å². The lowest BCUT2D eigenvalue weighted by atomic mass is 10.2. The molecule has 102 valence electrons. The van der Waals surface area contributed by atoms with Crippen molar-refractivity contribution >= 4 is 23.0 Å². The summed E-state index contributed by atoms with van der Waals surface area (Å²) >= 11 is 0. The van der Waals surface area contributed by atoms with Gasteiger partial charge in [-0.15, -0.1) is 0 Å². The molecule has 0 atom stereocenters. The van der Waals surface area contributed by atoms with Gasteiger partial charge in [-0.25, -0.2) is 9.78 Å². The maximum atomic E-state index is 11.5. The zero-order chi connectivity index (χ0) is 14.0. The van der Waals surface area contributed by atoms with E-state index in [1.165, 1.54) is 0 Å². The molecular formula is C12H16N4O3. The molecule has 0 aliphatic rings. The first kappa shape index (κ1) is 13.1. The van der Waals surface area contributed by atoms with Gasteiger partial charge in [-0.3, -0.25) is 0 Å². The molecule has 7 heteroatoms. The monoisotopic (exact) mass is 264 g/mol. The lowest BCUT2D eigenvalue weighted by molar-refractivity contribution is 0.0523. The van der Waals surface area contributed by atoms with Crippen molar-refractivity contribution in [2.24, 2.45) is 0 Å². The van der Waals surface area contributed by atoms with Crippen LogP contribution in [0.2, 0.25) is 0 Å². The second-order valence-electron chi connectivity index (χ2n) is 5.08. The van der Waals surface area contributed by atoms with Gasteiger partial charge >= 0.3 is 6.09 Å². The van der Waals surface area contributed by atoms with Gasteiger partial charge in [-0.05, 0) is 32.9 Å². The van der Waals surface area contributed by atoms with Crippen LogP contribution in [0.3, 0.4) is 0 Å². The molecule has 0 unspecified atom stereocenters. The van der Waals surface area contributed by atoms with Gasteiger partial charge in [0.1, 0.15) is 5.60 Å². The normalized spacial score (nSPS) is 11.5. The summed E-state index contributed by atoms with van der Waals surface area (Å²) in [7, 11) is 0. The number of anilines is 1. The van der Waals surface area contributed by atoms with Crippen molar-refractivity contribution in [1.82, 2.24) is 15.5 Å². The van der Waals surface area contributed by atoms with E-state index in [4.69, 9.17) is 15.0 Å². The average Bonchev–Trinajstić information content (AvgIpc) is 2.66. The van der Waals surface area contributed by atoms with Crippen LogP contribution in [0.25, 0.3) is 11.1 Å². The van der Waals surface area contributed by atoms with Crippen LogP contribution in [0.5, 0.6) is 0 Å². The number of carbonyl (C=O) groups is 1. The van der Waals surface area contributed by atoms with Crippen molar-refractivity contribution in [2.45, 2.75) is 32.9 Å². The van der Waals surface area contributed by atoms with E-state index in [2.05, 4.69) is 15.5 Å². The van der Waals surface area contributed by atoms with E-state index in [0.29, 0.717) is 22.6 Å². The molecule has 0 fully saturated rings. The number of hydrogen-bond donors (Lipinski definition) is 2. The third-order valence-corrected chi connectivity index (χ3v) is 2.24. The molecule has 0 aliphatic heterocycles. The Morgan fingerprint density at radius 2 is 2.21 bits per heavy atom. The van der Waals surface area contributed by atoms with Crippen molar-refractivity contribution in [3.63, 3.8) is 0 Å². The van der Waals surface area contributed by atoms with E-state index in [1.54, 1.807) is 32.9 Å². The van der Waals surface area contributed by atoms with Crippen LogP contribution < -0.4 is 11.1 Å². The predicted octanol–water partition coefficient (Wildman–Crippen LogP) is 1.83. The number of pyridine rings is 1. The fourth-order valence-corrected chi connectivity index (χ4v) is 1.46.